The number of fused-ring (bicyclic) bond motifs is 5. The highest BCUT2D eigenvalue weighted by atomic mass is 16.3. The molecular formula is C25H44N3O3+. The summed E-state index contributed by atoms with van der Waals surface area (Å²) in [5, 5.41) is 21.2. The molecule has 6 heteroatoms. The number of aliphatic hydroxyl groups excluding tert-OH is 1. The number of Topliss-reactive ketones (excluding diaryl/α,β-unsaturated/α-hetero) is 1. The first-order valence-electron chi connectivity index (χ1n) is 12.4. The van der Waals surface area contributed by atoms with Gasteiger partial charge in [0, 0.05) is 5.92 Å². The van der Waals surface area contributed by atoms with Crippen molar-refractivity contribution in [1.29, 1.82) is 0 Å². The lowest BCUT2D eigenvalue weighted by Crippen LogP contribution is -2.56. The van der Waals surface area contributed by atoms with E-state index in [1.165, 1.54) is 24.3 Å². The number of carbonyl (C=O) groups is 1. The van der Waals surface area contributed by atoms with Crippen molar-refractivity contribution in [2.45, 2.75) is 84.2 Å². The maximum atomic E-state index is 13.2. The molecule has 8 atom stereocenters. The standard InChI is InChI=1S/C25H43N3O3/c1-23(31)10-11-24(2)16(12-23)4-5-18-19-6-7-21(25(19,3)9-8-20(18)24)22(30)14-28(27)13-17(26)15-29/h13,16,18-21,29,31H,4-12,14-15,26-27H2,1-3H3/p+1. The van der Waals surface area contributed by atoms with Crippen molar-refractivity contribution in [2.75, 3.05) is 13.2 Å². The highest BCUT2D eigenvalue weighted by Crippen LogP contribution is 2.68. The molecule has 7 N–H and O–H groups in total. The van der Waals surface area contributed by atoms with Crippen LogP contribution in [-0.2, 0) is 4.79 Å². The van der Waals surface area contributed by atoms with E-state index in [2.05, 4.69) is 19.6 Å². The number of nitrogens with zero attached hydrogens (tertiary/aromatic N) is 1. The van der Waals surface area contributed by atoms with Gasteiger partial charge in [0.15, 0.2) is 5.78 Å². The van der Waals surface area contributed by atoms with Crippen LogP contribution in [0, 0.1) is 40.4 Å². The van der Waals surface area contributed by atoms with Gasteiger partial charge in [0.1, 0.15) is 12.3 Å². The smallest absolute Gasteiger partial charge is 0.157 e. The summed E-state index contributed by atoms with van der Waals surface area (Å²) in [6, 6.07) is 0. The van der Waals surface area contributed by atoms with Crippen molar-refractivity contribution in [3.05, 3.63) is 11.9 Å². The van der Waals surface area contributed by atoms with E-state index in [4.69, 9.17) is 10.9 Å². The molecule has 0 heterocycles. The van der Waals surface area contributed by atoms with Crippen molar-refractivity contribution in [3.8, 4) is 0 Å². The molecule has 0 aliphatic heterocycles. The number of aliphatic hydroxyl groups is 2. The molecule has 0 saturated heterocycles. The fourth-order valence-electron chi connectivity index (χ4n) is 8.57. The lowest BCUT2D eigenvalue weighted by molar-refractivity contribution is -0.312. The summed E-state index contributed by atoms with van der Waals surface area (Å²) in [4.78, 5) is 13.2. The van der Waals surface area contributed by atoms with Crippen LogP contribution in [0.2, 0.25) is 0 Å². The number of quaternary nitrogens is 1. The minimum atomic E-state index is -0.489. The predicted molar refractivity (Wildman–Crippen MR) is 120 cm³/mol. The molecule has 176 valence electrons. The van der Waals surface area contributed by atoms with Crippen LogP contribution < -0.4 is 11.6 Å². The Kier molecular flexibility index (Phi) is 6.08. The number of hydrazine groups is 1. The summed E-state index contributed by atoms with van der Waals surface area (Å²) in [6.07, 6.45) is 11.6. The topological polar surface area (TPSA) is 114 Å². The normalized spacial score (nSPS) is 47.3. The average Bonchev–Trinajstić information content (AvgIpc) is 3.05. The molecule has 4 aliphatic rings. The molecule has 4 saturated carbocycles. The van der Waals surface area contributed by atoms with Crippen LogP contribution in [0.15, 0.2) is 11.9 Å². The third-order valence-corrected chi connectivity index (χ3v) is 10.2. The van der Waals surface area contributed by atoms with E-state index < -0.39 is 5.60 Å². The van der Waals surface area contributed by atoms with Gasteiger partial charge in [-0.05, 0) is 99.2 Å². The van der Waals surface area contributed by atoms with E-state index in [1.807, 2.05) is 6.92 Å². The molecule has 4 fully saturated rings. The summed E-state index contributed by atoms with van der Waals surface area (Å²) >= 11 is 0. The number of nitrogens with two attached hydrogens (primary N) is 1. The fourth-order valence-corrected chi connectivity index (χ4v) is 8.57. The lowest BCUT2D eigenvalue weighted by atomic mass is 9.44. The summed E-state index contributed by atoms with van der Waals surface area (Å²) in [5.41, 5.74) is 4.19. The molecule has 31 heavy (non-hydrogen) atoms. The van der Waals surface area contributed by atoms with Crippen molar-refractivity contribution in [1.82, 2.24) is 5.01 Å². The first-order valence-corrected chi connectivity index (χ1v) is 12.4. The Hall–Kier alpha value is -0.950. The Morgan fingerprint density at radius 3 is 2.48 bits per heavy atom. The largest absolute Gasteiger partial charge is 0.390 e. The van der Waals surface area contributed by atoms with Crippen molar-refractivity contribution >= 4 is 5.78 Å². The van der Waals surface area contributed by atoms with Gasteiger partial charge in [-0.1, -0.05) is 13.8 Å². The zero-order valence-electron chi connectivity index (χ0n) is 19.8. The van der Waals surface area contributed by atoms with Gasteiger partial charge < -0.3 is 21.0 Å². The Morgan fingerprint density at radius 2 is 1.77 bits per heavy atom. The van der Waals surface area contributed by atoms with Gasteiger partial charge in [-0.3, -0.25) is 4.79 Å². The molecule has 0 aromatic carbocycles. The van der Waals surface area contributed by atoms with Gasteiger partial charge in [0.2, 0.25) is 0 Å². The number of hydrogen-bond donors (Lipinski definition) is 4. The van der Waals surface area contributed by atoms with Crippen LogP contribution in [0.1, 0.15) is 78.6 Å². The Balaban J connectivity index is 1.48. The minimum Gasteiger partial charge on any atom is -0.390 e. The quantitative estimate of drug-likeness (QED) is 0.391. The first kappa shape index (κ1) is 23.2. The van der Waals surface area contributed by atoms with E-state index in [0.717, 1.165) is 50.4 Å². The monoisotopic (exact) mass is 434 g/mol. The van der Waals surface area contributed by atoms with Crippen LogP contribution in [0.5, 0.6) is 0 Å². The molecule has 8 unspecified atom stereocenters. The third kappa shape index (κ3) is 3.98. The van der Waals surface area contributed by atoms with Gasteiger partial charge >= 0.3 is 0 Å². The lowest BCUT2D eigenvalue weighted by Gasteiger charge is -2.61. The molecule has 0 bridgehead atoms. The second kappa shape index (κ2) is 8.12. The van der Waals surface area contributed by atoms with Gasteiger partial charge in [0.05, 0.1) is 18.3 Å². The molecule has 0 aromatic heterocycles. The van der Waals surface area contributed by atoms with Crippen molar-refractivity contribution in [3.63, 3.8) is 0 Å². The maximum Gasteiger partial charge on any atom is 0.157 e. The molecule has 6 nitrogen and oxygen atoms in total. The molecule has 0 amide bonds. The summed E-state index contributed by atoms with van der Waals surface area (Å²) in [6.45, 7) is 6.96. The molecule has 0 aromatic rings. The number of carbonyl (C=O) groups excluding carboxylic acids is 1. The molecule has 4 aliphatic carbocycles. The molecular weight excluding hydrogens is 390 g/mol. The summed E-state index contributed by atoms with van der Waals surface area (Å²) in [5.74, 6) is 9.06. The van der Waals surface area contributed by atoms with E-state index in [-0.39, 0.29) is 30.3 Å². The van der Waals surface area contributed by atoms with E-state index in [0.29, 0.717) is 22.9 Å². The first-order chi connectivity index (χ1) is 14.5. The fraction of sp³-hybridized carbons (Fsp3) is 0.880. The SMILES string of the molecule is CC1(O)CCC2(C)C(CCC3C2CCC2(C)C(C(=O)CN(N)C=C([NH3+])CO)CCC32)C1. The third-order valence-electron chi connectivity index (χ3n) is 10.2. The zero-order chi connectivity index (χ0) is 22.6. The van der Waals surface area contributed by atoms with Crippen molar-refractivity contribution < 1.29 is 20.7 Å². The Labute approximate surface area is 187 Å². The highest BCUT2D eigenvalue weighted by Gasteiger charge is 2.61. The van der Waals surface area contributed by atoms with E-state index in [9.17, 15) is 9.90 Å². The zero-order valence-corrected chi connectivity index (χ0v) is 19.8. The van der Waals surface area contributed by atoms with Gasteiger partial charge in [-0.15, -0.1) is 0 Å². The van der Waals surface area contributed by atoms with E-state index in [1.54, 1.807) is 6.20 Å². The summed E-state index contributed by atoms with van der Waals surface area (Å²) < 4.78 is 0. The molecule has 0 spiro atoms. The highest BCUT2D eigenvalue weighted by molar-refractivity contribution is 5.84. The number of hydrogen-bond acceptors (Lipinski definition) is 5. The van der Waals surface area contributed by atoms with Crippen LogP contribution in [0.3, 0.4) is 0 Å². The van der Waals surface area contributed by atoms with E-state index >= 15 is 0 Å². The molecule has 4 rings (SSSR count). The molecule has 0 radical (unpaired) electrons. The van der Waals surface area contributed by atoms with Crippen LogP contribution in [0.25, 0.3) is 0 Å². The van der Waals surface area contributed by atoms with Gasteiger partial charge in [0.25, 0.3) is 0 Å². The Bertz CT molecular complexity index is 738. The number of ketones is 1. The minimum absolute atomic E-state index is 0.0798. The Morgan fingerprint density at radius 1 is 1.06 bits per heavy atom. The predicted octanol–water partition coefficient (Wildman–Crippen LogP) is 2.22. The summed E-state index contributed by atoms with van der Waals surface area (Å²) in [7, 11) is 0. The van der Waals surface area contributed by atoms with Crippen LogP contribution >= 0.6 is 0 Å². The van der Waals surface area contributed by atoms with Crippen LogP contribution in [0.4, 0.5) is 0 Å². The van der Waals surface area contributed by atoms with Gasteiger partial charge in [-0.25, -0.2) is 5.84 Å². The van der Waals surface area contributed by atoms with Crippen LogP contribution in [-0.4, -0.2) is 39.8 Å². The van der Waals surface area contributed by atoms with Gasteiger partial charge in [-0.2, -0.15) is 0 Å². The van der Waals surface area contributed by atoms with Crippen molar-refractivity contribution in [2.24, 2.45) is 46.3 Å². The second-order valence-corrected chi connectivity index (χ2v) is 12.1. The average molecular weight is 435 g/mol. The second-order valence-electron chi connectivity index (χ2n) is 12.1. The number of rotatable bonds is 5. The maximum absolute atomic E-state index is 13.2.